The molecule has 3 N–H and O–H groups in total. The number of nitrogens with zero attached hydrogens (tertiary/aromatic N) is 2. The van der Waals surface area contributed by atoms with Crippen molar-refractivity contribution >= 4 is 29.9 Å². The number of carbonyl (C=O) groups is 1. The fraction of sp³-hybridized carbons (Fsp3) is 0.286. The van der Waals surface area contributed by atoms with Crippen molar-refractivity contribution in [3.8, 4) is 0 Å². The molecule has 0 unspecified atom stereocenters. The van der Waals surface area contributed by atoms with Crippen molar-refractivity contribution in [2.45, 2.75) is 26.1 Å². The molecule has 5 nitrogen and oxygen atoms in total. The summed E-state index contributed by atoms with van der Waals surface area (Å²) in [7, 11) is 0. The van der Waals surface area contributed by atoms with Gasteiger partial charge in [0.1, 0.15) is 11.9 Å². The van der Waals surface area contributed by atoms with Crippen molar-refractivity contribution < 1.29 is 9.18 Å². The second-order valence-electron chi connectivity index (χ2n) is 4.66. The molecule has 2 rings (SSSR count). The molecule has 1 aromatic heterocycles. The van der Waals surface area contributed by atoms with Gasteiger partial charge in [0.05, 0.1) is 11.2 Å². The van der Waals surface area contributed by atoms with E-state index in [4.69, 9.17) is 17.3 Å². The van der Waals surface area contributed by atoms with Crippen LogP contribution in [0.1, 0.15) is 24.1 Å². The van der Waals surface area contributed by atoms with Crippen LogP contribution in [0.25, 0.3) is 0 Å². The summed E-state index contributed by atoms with van der Waals surface area (Å²) in [5.74, 6) is -0.648. The lowest BCUT2D eigenvalue weighted by Gasteiger charge is -2.13. The van der Waals surface area contributed by atoms with Crippen LogP contribution in [0.15, 0.2) is 30.6 Å². The fourth-order valence-corrected chi connectivity index (χ4v) is 1.98. The Morgan fingerprint density at radius 1 is 1.55 bits per heavy atom. The van der Waals surface area contributed by atoms with Crippen molar-refractivity contribution in [3.05, 3.63) is 52.6 Å². The van der Waals surface area contributed by atoms with E-state index in [1.165, 1.54) is 16.9 Å². The highest BCUT2D eigenvalue weighted by molar-refractivity contribution is 6.30. The van der Waals surface area contributed by atoms with E-state index in [9.17, 15) is 9.18 Å². The number of hydrogen-bond acceptors (Lipinski definition) is 3. The van der Waals surface area contributed by atoms with Crippen LogP contribution in [0.2, 0.25) is 5.02 Å². The lowest BCUT2D eigenvalue weighted by molar-refractivity contribution is -0.124. The minimum absolute atomic E-state index is 0. The number of aromatic nitrogens is 2. The van der Waals surface area contributed by atoms with Crippen LogP contribution in [0.3, 0.4) is 0 Å². The van der Waals surface area contributed by atoms with Crippen molar-refractivity contribution in [1.82, 2.24) is 15.1 Å². The van der Waals surface area contributed by atoms with Crippen LogP contribution in [-0.2, 0) is 17.9 Å². The first-order chi connectivity index (χ1) is 10.0. The van der Waals surface area contributed by atoms with Crippen LogP contribution >= 0.6 is 24.0 Å². The standard InChI is InChI=1S/C14H16ClFN4O.ClH/c1-9(20-8-12(15)7-19-20)14(21)18-6-11-3-2-10(5-17)4-13(11)16;/h2-4,7-9H,5-6,17H2,1H3,(H,18,21);1H/t9-;/m0./s1. The number of amides is 1. The van der Waals surface area contributed by atoms with Gasteiger partial charge in [-0.05, 0) is 18.6 Å². The minimum Gasteiger partial charge on any atom is -0.350 e. The van der Waals surface area contributed by atoms with Crippen LogP contribution < -0.4 is 11.1 Å². The highest BCUT2D eigenvalue weighted by Crippen LogP contribution is 2.13. The molecule has 1 atom stereocenters. The quantitative estimate of drug-likeness (QED) is 0.873. The normalized spacial score (nSPS) is 11.6. The van der Waals surface area contributed by atoms with E-state index in [1.54, 1.807) is 25.3 Å². The van der Waals surface area contributed by atoms with Crippen LogP contribution in [0.4, 0.5) is 4.39 Å². The maximum atomic E-state index is 13.8. The third kappa shape index (κ3) is 4.43. The minimum atomic E-state index is -0.524. The molecule has 1 aromatic carbocycles. The molecule has 1 amide bonds. The van der Waals surface area contributed by atoms with Crippen molar-refractivity contribution in [2.24, 2.45) is 5.73 Å². The molecular weight excluding hydrogens is 330 g/mol. The van der Waals surface area contributed by atoms with E-state index < -0.39 is 6.04 Å². The molecule has 0 saturated heterocycles. The van der Waals surface area contributed by atoms with Crippen LogP contribution in [0.5, 0.6) is 0 Å². The number of halogens is 3. The third-order valence-corrected chi connectivity index (χ3v) is 3.35. The Bertz CT molecular complexity index is 648. The van der Waals surface area contributed by atoms with Crippen molar-refractivity contribution in [1.29, 1.82) is 0 Å². The average molecular weight is 347 g/mol. The number of carbonyl (C=O) groups excluding carboxylic acids is 1. The van der Waals surface area contributed by atoms with Gasteiger partial charge >= 0.3 is 0 Å². The molecule has 0 aliphatic heterocycles. The van der Waals surface area contributed by atoms with E-state index in [0.717, 1.165) is 0 Å². The Labute approximate surface area is 139 Å². The van der Waals surface area contributed by atoms with Gasteiger partial charge in [0.15, 0.2) is 0 Å². The number of benzene rings is 1. The van der Waals surface area contributed by atoms with Gasteiger partial charge in [-0.3, -0.25) is 9.48 Å². The molecule has 2 aromatic rings. The second kappa shape index (κ2) is 8.12. The second-order valence-corrected chi connectivity index (χ2v) is 5.10. The summed E-state index contributed by atoms with van der Waals surface area (Å²) < 4.78 is 15.2. The molecule has 120 valence electrons. The van der Waals surface area contributed by atoms with Gasteiger partial charge in [0.25, 0.3) is 0 Å². The molecular formula is C14H17Cl2FN4O. The maximum absolute atomic E-state index is 13.8. The zero-order valence-corrected chi connectivity index (χ0v) is 13.5. The van der Waals surface area contributed by atoms with Gasteiger partial charge in [-0.25, -0.2) is 4.39 Å². The molecule has 22 heavy (non-hydrogen) atoms. The zero-order valence-electron chi connectivity index (χ0n) is 11.9. The average Bonchev–Trinajstić information content (AvgIpc) is 2.91. The largest absolute Gasteiger partial charge is 0.350 e. The number of nitrogens with one attached hydrogen (secondary N) is 1. The molecule has 0 aliphatic rings. The first-order valence-electron chi connectivity index (χ1n) is 6.46. The van der Waals surface area contributed by atoms with Crippen molar-refractivity contribution in [3.63, 3.8) is 0 Å². The smallest absolute Gasteiger partial charge is 0.244 e. The predicted molar refractivity (Wildman–Crippen MR) is 85.3 cm³/mol. The van der Waals surface area contributed by atoms with E-state index in [1.807, 2.05) is 0 Å². The van der Waals surface area contributed by atoms with Gasteiger partial charge in [0, 0.05) is 24.8 Å². The Kier molecular flexibility index (Phi) is 6.80. The Hall–Kier alpha value is -1.63. The fourth-order valence-electron chi connectivity index (χ4n) is 1.84. The van der Waals surface area contributed by atoms with Gasteiger partial charge in [-0.15, -0.1) is 12.4 Å². The summed E-state index contributed by atoms with van der Waals surface area (Å²) in [5, 5.41) is 7.10. The topological polar surface area (TPSA) is 72.9 Å². The summed E-state index contributed by atoms with van der Waals surface area (Å²) in [5.41, 5.74) is 6.56. The number of rotatable bonds is 5. The molecule has 0 fully saturated rings. The van der Waals surface area contributed by atoms with Gasteiger partial charge in [-0.2, -0.15) is 5.10 Å². The van der Waals surface area contributed by atoms with E-state index in [0.29, 0.717) is 16.1 Å². The summed E-state index contributed by atoms with van der Waals surface area (Å²) in [6.45, 7) is 2.07. The first kappa shape index (κ1) is 18.4. The van der Waals surface area contributed by atoms with Gasteiger partial charge in [-0.1, -0.05) is 23.7 Å². The van der Waals surface area contributed by atoms with Crippen LogP contribution in [0, 0.1) is 5.82 Å². The molecule has 0 saturated carbocycles. The zero-order chi connectivity index (χ0) is 15.4. The van der Waals surface area contributed by atoms with Gasteiger partial charge in [0.2, 0.25) is 5.91 Å². The lowest BCUT2D eigenvalue weighted by Crippen LogP contribution is -2.31. The third-order valence-electron chi connectivity index (χ3n) is 3.15. The Morgan fingerprint density at radius 3 is 2.82 bits per heavy atom. The van der Waals surface area contributed by atoms with E-state index >= 15 is 0 Å². The monoisotopic (exact) mass is 346 g/mol. The number of nitrogens with two attached hydrogens (primary N) is 1. The summed E-state index contributed by atoms with van der Waals surface area (Å²) in [6, 6.07) is 4.20. The summed E-state index contributed by atoms with van der Waals surface area (Å²) in [4.78, 5) is 12.0. The summed E-state index contributed by atoms with van der Waals surface area (Å²) in [6.07, 6.45) is 3.01. The predicted octanol–water partition coefficient (Wildman–Crippen LogP) is 2.43. The number of hydrogen-bond donors (Lipinski definition) is 2. The summed E-state index contributed by atoms with van der Waals surface area (Å²) >= 11 is 5.76. The Morgan fingerprint density at radius 2 is 2.27 bits per heavy atom. The lowest BCUT2D eigenvalue weighted by atomic mass is 10.1. The molecule has 0 bridgehead atoms. The first-order valence-corrected chi connectivity index (χ1v) is 6.83. The van der Waals surface area contributed by atoms with E-state index in [2.05, 4.69) is 10.4 Å². The molecule has 0 spiro atoms. The highest BCUT2D eigenvalue weighted by Gasteiger charge is 2.16. The molecule has 0 aliphatic carbocycles. The molecule has 1 heterocycles. The maximum Gasteiger partial charge on any atom is 0.244 e. The highest BCUT2D eigenvalue weighted by atomic mass is 35.5. The molecule has 0 radical (unpaired) electrons. The van der Waals surface area contributed by atoms with Crippen LogP contribution in [-0.4, -0.2) is 15.7 Å². The van der Waals surface area contributed by atoms with Crippen molar-refractivity contribution in [2.75, 3.05) is 0 Å². The van der Waals surface area contributed by atoms with Gasteiger partial charge < -0.3 is 11.1 Å². The van der Waals surface area contributed by atoms with E-state index in [-0.39, 0.29) is 37.2 Å². The Balaban J connectivity index is 0.00000242. The molecule has 8 heteroatoms. The SMILES string of the molecule is C[C@@H](C(=O)NCc1ccc(CN)cc1F)n1cc(Cl)cn1.Cl.